The molecule has 1 aliphatic rings. The number of rotatable bonds is 7. The molecule has 1 fully saturated rings. The number of aryl methyl sites for hydroxylation is 1. The molecule has 1 aliphatic carbocycles. The third kappa shape index (κ3) is 4.75. The molecule has 1 aromatic rings. The zero-order valence-corrected chi connectivity index (χ0v) is 10.7. The van der Waals surface area contributed by atoms with Gasteiger partial charge in [0.15, 0.2) is 0 Å². The number of benzene rings is 1. The molecule has 0 spiro atoms. The summed E-state index contributed by atoms with van der Waals surface area (Å²) in [6.07, 6.45) is 2.40. The molecular formula is C14H20N2O2. The van der Waals surface area contributed by atoms with Crippen molar-refractivity contribution in [2.45, 2.75) is 25.8 Å². The van der Waals surface area contributed by atoms with Crippen LogP contribution in [0.3, 0.4) is 0 Å². The summed E-state index contributed by atoms with van der Waals surface area (Å²) in [7, 11) is 0. The Labute approximate surface area is 108 Å². The molecule has 0 heterocycles. The fourth-order valence-electron chi connectivity index (χ4n) is 1.65. The number of carbonyl (C=O) groups excluding carboxylic acids is 1. The maximum Gasteiger partial charge on any atom is 0.234 e. The molecule has 0 atom stereocenters. The number of hydrogen-bond acceptors (Lipinski definition) is 3. The first-order valence-corrected chi connectivity index (χ1v) is 6.43. The van der Waals surface area contributed by atoms with Gasteiger partial charge in [-0.05, 0) is 37.5 Å². The lowest BCUT2D eigenvalue weighted by Crippen LogP contribution is -2.36. The van der Waals surface area contributed by atoms with Gasteiger partial charge in [0.1, 0.15) is 12.4 Å². The van der Waals surface area contributed by atoms with Gasteiger partial charge in [-0.15, -0.1) is 0 Å². The first-order chi connectivity index (χ1) is 8.74. The van der Waals surface area contributed by atoms with Crippen LogP contribution in [0.25, 0.3) is 0 Å². The Bertz CT molecular complexity index is 403. The number of hydrogen-bond donors (Lipinski definition) is 2. The van der Waals surface area contributed by atoms with Gasteiger partial charge in [0.05, 0.1) is 13.1 Å². The Balaban J connectivity index is 1.56. The van der Waals surface area contributed by atoms with Crippen LogP contribution < -0.4 is 15.4 Å². The van der Waals surface area contributed by atoms with Crippen LogP contribution in [0, 0.1) is 6.92 Å². The van der Waals surface area contributed by atoms with Crippen molar-refractivity contribution < 1.29 is 9.53 Å². The van der Waals surface area contributed by atoms with Crippen LogP contribution in [0.5, 0.6) is 5.75 Å². The number of carbonyl (C=O) groups is 1. The second-order valence-electron chi connectivity index (χ2n) is 4.67. The molecule has 4 heteroatoms. The van der Waals surface area contributed by atoms with Crippen LogP contribution in [-0.4, -0.2) is 31.6 Å². The van der Waals surface area contributed by atoms with Crippen molar-refractivity contribution in [3.8, 4) is 5.75 Å². The normalized spacial score (nSPS) is 14.3. The maximum absolute atomic E-state index is 11.4. The molecule has 0 aromatic heterocycles. The third-order valence-corrected chi connectivity index (χ3v) is 2.81. The highest BCUT2D eigenvalue weighted by Gasteiger charge is 2.20. The lowest BCUT2D eigenvalue weighted by Gasteiger charge is -2.08. The fraction of sp³-hybridized carbons (Fsp3) is 0.500. The van der Waals surface area contributed by atoms with E-state index in [1.54, 1.807) is 0 Å². The second kappa shape index (κ2) is 6.40. The average Bonchev–Trinajstić information content (AvgIpc) is 3.16. The van der Waals surface area contributed by atoms with Crippen molar-refractivity contribution in [3.05, 3.63) is 29.8 Å². The molecule has 2 rings (SSSR count). The molecule has 18 heavy (non-hydrogen) atoms. The van der Waals surface area contributed by atoms with E-state index in [1.807, 2.05) is 31.2 Å². The number of ether oxygens (including phenoxy) is 1. The zero-order valence-electron chi connectivity index (χ0n) is 10.7. The van der Waals surface area contributed by atoms with E-state index < -0.39 is 0 Å². The minimum absolute atomic E-state index is 0.0368. The van der Waals surface area contributed by atoms with E-state index in [1.165, 1.54) is 18.4 Å². The lowest BCUT2D eigenvalue weighted by molar-refractivity contribution is -0.120. The standard InChI is InChI=1S/C14H20N2O2/c1-11-3-2-4-13(9-11)18-8-7-15-14(17)10-16-12-5-6-12/h2-4,9,12,16H,5-8,10H2,1H3,(H,15,17). The van der Waals surface area contributed by atoms with Crippen molar-refractivity contribution in [2.75, 3.05) is 19.7 Å². The molecule has 98 valence electrons. The molecule has 0 aliphatic heterocycles. The summed E-state index contributed by atoms with van der Waals surface area (Å²) in [5.74, 6) is 0.884. The minimum Gasteiger partial charge on any atom is -0.492 e. The van der Waals surface area contributed by atoms with Gasteiger partial charge in [0, 0.05) is 6.04 Å². The van der Waals surface area contributed by atoms with Gasteiger partial charge in [-0.1, -0.05) is 12.1 Å². The van der Waals surface area contributed by atoms with Crippen LogP contribution in [0.15, 0.2) is 24.3 Å². The van der Waals surface area contributed by atoms with Gasteiger partial charge in [0.25, 0.3) is 0 Å². The summed E-state index contributed by atoms with van der Waals surface area (Å²) < 4.78 is 5.54. The molecule has 0 saturated heterocycles. The van der Waals surface area contributed by atoms with Gasteiger partial charge >= 0.3 is 0 Å². The van der Waals surface area contributed by atoms with Crippen LogP contribution in [-0.2, 0) is 4.79 Å². The molecule has 1 aromatic carbocycles. The molecule has 1 saturated carbocycles. The molecule has 4 nitrogen and oxygen atoms in total. The second-order valence-corrected chi connectivity index (χ2v) is 4.67. The van der Waals surface area contributed by atoms with E-state index in [9.17, 15) is 4.79 Å². The van der Waals surface area contributed by atoms with Crippen LogP contribution in [0.4, 0.5) is 0 Å². The third-order valence-electron chi connectivity index (χ3n) is 2.81. The highest BCUT2D eigenvalue weighted by Crippen LogP contribution is 2.17. The quantitative estimate of drug-likeness (QED) is 0.714. The highest BCUT2D eigenvalue weighted by atomic mass is 16.5. The molecule has 0 radical (unpaired) electrons. The van der Waals surface area contributed by atoms with E-state index in [4.69, 9.17) is 4.74 Å². The van der Waals surface area contributed by atoms with Gasteiger partial charge < -0.3 is 15.4 Å². The Morgan fingerprint density at radius 2 is 2.28 bits per heavy atom. The van der Waals surface area contributed by atoms with Crippen molar-refractivity contribution in [3.63, 3.8) is 0 Å². The van der Waals surface area contributed by atoms with Crippen molar-refractivity contribution in [2.24, 2.45) is 0 Å². The van der Waals surface area contributed by atoms with Crippen LogP contribution in [0.2, 0.25) is 0 Å². The SMILES string of the molecule is Cc1cccc(OCCNC(=O)CNC2CC2)c1. The van der Waals surface area contributed by atoms with Crippen molar-refractivity contribution in [1.29, 1.82) is 0 Å². The van der Waals surface area contributed by atoms with E-state index >= 15 is 0 Å². The van der Waals surface area contributed by atoms with Gasteiger partial charge in [-0.3, -0.25) is 4.79 Å². The first kappa shape index (κ1) is 12.9. The van der Waals surface area contributed by atoms with Gasteiger partial charge in [-0.2, -0.15) is 0 Å². The zero-order chi connectivity index (χ0) is 12.8. The smallest absolute Gasteiger partial charge is 0.234 e. The van der Waals surface area contributed by atoms with Crippen molar-refractivity contribution in [1.82, 2.24) is 10.6 Å². The number of amides is 1. The van der Waals surface area contributed by atoms with E-state index in [0.29, 0.717) is 25.7 Å². The fourth-order valence-corrected chi connectivity index (χ4v) is 1.65. The molecule has 0 unspecified atom stereocenters. The van der Waals surface area contributed by atoms with Gasteiger partial charge in [0.2, 0.25) is 5.91 Å². The largest absolute Gasteiger partial charge is 0.492 e. The van der Waals surface area contributed by atoms with Gasteiger partial charge in [-0.25, -0.2) is 0 Å². The summed E-state index contributed by atoms with van der Waals surface area (Å²) >= 11 is 0. The monoisotopic (exact) mass is 248 g/mol. The van der Waals surface area contributed by atoms with Crippen LogP contribution in [0.1, 0.15) is 18.4 Å². The molecule has 1 amide bonds. The molecule has 2 N–H and O–H groups in total. The molecular weight excluding hydrogens is 228 g/mol. The van der Waals surface area contributed by atoms with E-state index in [-0.39, 0.29) is 5.91 Å². The van der Waals surface area contributed by atoms with E-state index in [2.05, 4.69) is 10.6 Å². The molecule has 0 bridgehead atoms. The topological polar surface area (TPSA) is 50.4 Å². The minimum atomic E-state index is 0.0368. The summed E-state index contributed by atoms with van der Waals surface area (Å²) in [5.41, 5.74) is 1.17. The number of nitrogens with one attached hydrogen (secondary N) is 2. The van der Waals surface area contributed by atoms with Crippen molar-refractivity contribution >= 4 is 5.91 Å². The first-order valence-electron chi connectivity index (χ1n) is 6.43. The van der Waals surface area contributed by atoms with Crippen LogP contribution >= 0.6 is 0 Å². The summed E-state index contributed by atoms with van der Waals surface area (Å²) in [5, 5.41) is 5.99. The summed E-state index contributed by atoms with van der Waals surface area (Å²) in [6, 6.07) is 8.46. The highest BCUT2D eigenvalue weighted by molar-refractivity contribution is 5.78. The average molecular weight is 248 g/mol. The Kier molecular flexibility index (Phi) is 4.59. The summed E-state index contributed by atoms with van der Waals surface area (Å²) in [4.78, 5) is 11.4. The predicted octanol–water partition coefficient (Wildman–Crippen LogP) is 1.24. The van der Waals surface area contributed by atoms with E-state index in [0.717, 1.165) is 5.75 Å². The predicted molar refractivity (Wildman–Crippen MR) is 70.7 cm³/mol. The maximum atomic E-state index is 11.4. The summed E-state index contributed by atoms with van der Waals surface area (Å²) in [6.45, 7) is 3.48. The Hall–Kier alpha value is -1.55. The Morgan fingerprint density at radius 3 is 3.00 bits per heavy atom. The Morgan fingerprint density at radius 1 is 1.44 bits per heavy atom. The lowest BCUT2D eigenvalue weighted by atomic mass is 10.2.